The molecule has 2 heterocycles. The lowest BCUT2D eigenvalue weighted by molar-refractivity contribution is 0.00578. The molecule has 0 bridgehead atoms. The van der Waals surface area contributed by atoms with Crippen molar-refractivity contribution < 1.29 is 14.0 Å². The maximum Gasteiger partial charge on any atom is 0.496 e. The number of hydrogen-bond donors (Lipinski definition) is 0. The van der Waals surface area contributed by atoms with Crippen LogP contribution in [0.25, 0.3) is 0 Å². The SMILES string of the molecule is CC(C)CCOc1ccc(B2OC(C)(C)C(C)(C)O2)cn1. The molecule has 1 aliphatic rings. The van der Waals surface area contributed by atoms with Gasteiger partial charge in [0.1, 0.15) is 0 Å². The molecule has 116 valence electrons. The fourth-order valence-corrected chi connectivity index (χ4v) is 1.99. The minimum Gasteiger partial charge on any atom is -0.478 e. The zero-order valence-electron chi connectivity index (χ0n) is 14.0. The molecular weight excluding hydrogens is 265 g/mol. The summed E-state index contributed by atoms with van der Waals surface area (Å²) in [6.07, 6.45) is 2.80. The zero-order valence-corrected chi connectivity index (χ0v) is 14.0. The summed E-state index contributed by atoms with van der Waals surface area (Å²) >= 11 is 0. The van der Waals surface area contributed by atoms with Gasteiger partial charge in [0.2, 0.25) is 5.88 Å². The average Bonchev–Trinajstić information content (AvgIpc) is 2.59. The highest BCUT2D eigenvalue weighted by Crippen LogP contribution is 2.36. The Morgan fingerprint density at radius 1 is 1.14 bits per heavy atom. The van der Waals surface area contributed by atoms with Gasteiger partial charge in [-0.25, -0.2) is 4.98 Å². The summed E-state index contributed by atoms with van der Waals surface area (Å²) in [5.74, 6) is 1.28. The summed E-state index contributed by atoms with van der Waals surface area (Å²) in [5, 5.41) is 0. The first-order chi connectivity index (χ1) is 9.71. The Kier molecular flexibility index (Phi) is 4.64. The minimum absolute atomic E-state index is 0.329. The van der Waals surface area contributed by atoms with Gasteiger partial charge in [0.25, 0.3) is 0 Å². The Bertz CT molecular complexity index is 455. The maximum absolute atomic E-state index is 6.00. The summed E-state index contributed by atoms with van der Waals surface area (Å²) in [4.78, 5) is 4.33. The van der Waals surface area contributed by atoms with Crippen LogP contribution in [0.2, 0.25) is 0 Å². The van der Waals surface area contributed by atoms with Crippen LogP contribution in [0, 0.1) is 5.92 Å². The van der Waals surface area contributed by atoms with Gasteiger partial charge in [0.05, 0.1) is 17.8 Å². The second kappa shape index (κ2) is 5.97. The smallest absolute Gasteiger partial charge is 0.478 e. The fourth-order valence-electron chi connectivity index (χ4n) is 1.99. The molecule has 1 aliphatic heterocycles. The van der Waals surface area contributed by atoms with Gasteiger partial charge in [-0.3, -0.25) is 0 Å². The third-order valence-corrected chi connectivity index (χ3v) is 4.23. The molecule has 0 aliphatic carbocycles. The number of pyridine rings is 1. The number of hydrogen-bond acceptors (Lipinski definition) is 4. The van der Waals surface area contributed by atoms with Gasteiger partial charge in [-0.15, -0.1) is 0 Å². The van der Waals surface area contributed by atoms with Crippen molar-refractivity contribution in [3.8, 4) is 5.88 Å². The third-order valence-electron chi connectivity index (χ3n) is 4.23. The van der Waals surface area contributed by atoms with E-state index in [0.717, 1.165) is 11.9 Å². The lowest BCUT2D eigenvalue weighted by atomic mass is 9.80. The Labute approximate surface area is 128 Å². The van der Waals surface area contributed by atoms with Gasteiger partial charge >= 0.3 is 7.12 Å². The van der Waals surface area contributed by atoms with Crippen molar-refractivity contribution in [2.75, 3.05) is 6.61 Å². The molecule has 0 unspecified atom stereocenters. The molecule has 0 saturated carbocycles. The van der Waals surface area contributed by atoms with Crippen LogP contribution >= 0.6 is 0 Å². The predicted molar refractivity (Wildman–Crippen MR) is 84.9 cm³/mol. The average molecular weight is 291 g/mol. The first kappa shape index (κ1) is 16.3. The number of nitrogens with zero attached hydrogens (tertiary/aromatic N) is 1. The van der Waals surface area contributed by atoms with Crippen LogP contribution < -0.4 is 10.2 Å². The van der Waals surface area contributed by atoms with Gasteiger partial charge < -0.3 is 14.0 Å². The summed E-state index contributed by atoms with van der Waals surface area (Å²) in [7, 11) is -0.368. The largest absolute Gasteiger partial charge is 0.496 e. The molecular formula is C16H26BNO3. The van der Waals surface area contributed by atoms with Crippen molar-refractivity contribution in [1.29, 1.82) is 0 Å². The van der Waals surface area contributed by atoms with Crippen molar-refractivity contribution in [3.05, 3.63) is 18.3 Å². The standard InChI is InChI=1S/C16H26BNO3/c1-12(2)9-10-19-14-8-7-13(11-18-14)17-20-15(3,4)16(5,6)21-17/h7-8,11-12H,9-10H2,1-6H3. The van der Waals surface area contributed by atoms with E-state index in [9.17, 15) is 0 Å². The van der Waals surface area contributed by atoms with Crippen molar-refractivity contribution in [1.82, 2.24) is 4.98 Å². The Hall–Kier alpha value is -1.07. The summed E-state index contributed by atoms with van der Waals surface area (Å²) < 4.78 is 17.6. The molecule has 1 saturated heterocycles. The van der Waals surface area contributed by atoms with Crippen molar-refractivity contribution in [2.24, 2.45) is 5.92 Å². The van der Waals surface area contributed by atoms with E-state index >= 15 is 0 Å². The van der Waals surface area contributed by atoms with Crippen molar-refractivity contribution in [2.45, 2.75) is 59.2 Å². The number of aromatic nitrogens is 1. The molecule has 1 aromatic rings. The molecule has 0 N–H and O–H groups in total. The van der Waals surface area contributed by atoms with Crippen LogP contribution in [0.3, 0.4) is 0 Å². The predicted octanol–water partition coefficient (Wildman–Crippen LogP) is 2.81. The first-order valence-electron chi connectivity index (χ1n) is 7.66. The molecule has 4 nitrogen and oxygen atoms in total. The van der Waals surface area contributed by atoms with E-state index < -0.39 is 0 Å². The molecule has 0 atom stereocenters. The third kappa shape index (κ3) is 3.77. The van der Waals surface area contributed by atoms with Crippen molar-refractivity contribution in [3.63, 3.8) is 0 Å². The molecule has 5 heteroatoms. The van der Waals surface area contributed by atoms with Gasteiger partial charge in [0.15, 0.2) is 0 Å². The topological polar surface area (TPSA) is 40.6 Å². The van der Waals surface area contributed by atoms with E-state index in [-0.39, 0.29) is 18.3 Å². The van der Waals surface area contributed by atoms with Gasteiger partial charge in [-0.1, -0.05) is 19.9 Å². The number of ether oxygens (including phenoxy) is 1. The van der Waals surface area contributed by atoms with E-state index in [1.54, 1.807) is 6.20 Å². The molecule has 21 heavy (non-hydrogen) atoms. The first-order valence-corrected chi connectivity index (χ1v) is 7.66. The highest BCUT2D eigenvalue weighted by molar-refractivity contribution is 6.62. The molecule has 1 aromatic heterocycles. The van der Waals surface area contributed by atoms with E-state index in [1.807, 2.05) is 39.8 Å². The van der Waals surface area contributed by atoms with E-state index in [1.165, 1.54) is 0 Å². The van der Waals surface area contributed by atoms with E-state index in [0.29, 0.717) is 18.4 Å². The maximum atomic E-state index is 6.00. The molecule has 0 aromatic carbocycles. The van der Waals surface area contributed by atoms with E-state index in [4.69, 9.17) is 14.0 Å². The van der Waals surface area contributed by atoms with Gasteiger partial charge in [0, 0.05) is 11.7 Å². The van der Waals surface area contributed by atoms with Gasteiger partial charge in [-0.05, 0) is 46.1 Å². The Balaban J connectivity index is 1.97. The Morgan fingerprint density at radius 3 is 2.24 bits per heavy atom. The van der Waals surface area contributed by atoms with Crippen LogP contribution in [0.15, 0.2) is 18.3 Å². The highest BCUT2D eigenvalue weighted by atomic mass is 16.7. The highest BCUT2D eigenvalue weighted by Gasteiger charge is 2.51. The minimum atomic E-state index is -0.368. The Morgan fingerprint density at radius 2 is 1.76 bits per heavy atom. The van der Waals surface area contributed by atoms with E-state index in [2.05, 4.69) is 18.8 Å². The summed E-state index contributed by atoms with van der Waals surface area (Å²) in [6.45, 7) is 13.2. The zero-order chi connectivity index (χ0) is 15.7. The second-order valence-corrected chi connectivity index (χ2v) is 7.05. The van der Waals surface area contributed by atoms with Crippen LogP contribution in [-0.4, -0.2) is 29.9 Å². The van der Waals surface area contributed by atoms with Crippen LogP contribution in [-0.2, 0) is 9.31 Å². The second-order valence-electron chi connectivity index (χ2n) is 7.05. The normalized spacial score (nSPS) is 20.0. The molecule has 0 amide bonds. The van der Waals surface area contributed by atoms with Crippen LogP contribution in [0.5, 0.6) is 5.88 Å². The molecule has 0 spiro atoms. The summed E-state index contributed by atoms with van der Waals surface area (Å²) in [6, 6.07) is 3.83. The monoisotopic (exact) mass is 291 g/mol. The number of rotatable bonds is 5. The lowest BCUT2D eigenvalue weighted by Crippen LogP contribution is -2.41. The quantitative estimate of drug-likeness (QED) is 0.782. The molecule has 0 radical (unpaired) electrons. The molecule has 1 fully saturated rings. The van der Waals surface area contributed by atoms with Crippen molar-refractivity contribution >= 4 is 12.6 Å². The lowest BCUT2D eigenvalue weighted by Gasteiger charge is -2.32. The van der Waals surface area contributed by atoms with Crippen LogP contribution in [0.1, 0.15) is 48.0 Å². The fraction of sp³-hybridized carbons (Fsp3) is 0.688. The molecule has 2 rings (SSSR count). The summed E-state index contributed by atoms with van der Waals surface area (Å²) in [5.41, 5.74) is 0.263. The van der Waals surface area contributed by atoms with Gasteiger partial charge in [-0.2, -0.15) is 0 Å². The van der Waals surface area contributed by atoms with Crippen LogP contribution in [0.4, 0.5) is 0 Å².